The lowest BCUT2D eigenvalue weighted by atomic mass is 10.1. The second-order valence-electron chi connectivity index (χ2n) is 3.88. The topological polar surface area (TPSA) is 34.2 Å². The first kappa shape index (κ1) is 11.9. The predicted octanol–water partition coefficient (Wildman–Crippen LogP) is 3.48. The molecule has 3 nitrogen and oxygen atoms in total. The summed E-state index contributed by atoms with van der Waals surface area (Å²) in [6, 6.07) is 6.14. The fourth-order valence-corrected chi connectivity index (χ4v) is 2.54. The Morgan fingerprint density at radius 2 is 2.06 bits per heavy atom. The van der Waals surface area contributed by atoms with Gasteiger partial charge in [0, 0.05) is 17.5 Å². The Morgan fingerprint density at radius 3 is 2.65 bits per heavy atom. The van der Waals surface area contributed by atoms with Crippen molar-refractivity contribution >= 4 is 16.5 Å². The maximum absolute atomic E-state index is 5.40. The second kappa shape index (κ2) is 4.75. The standard InChI is InChI=1S/C13H16N2OS/c1-8-5-6-11(16-4)10(7-8)12-9(2)17-13(14-3)15-12/h5-7H,1-4H3,(H,14,15). The summed E-state index contributed by atoms with van der Waals surface area (Å²) in [5.41, 5.74) is 3.27. The quantitative estimate of drug-likeness (QED) is 0.903. The molecule has 90 valence electrons. The van der Waals surface area contributed by atoms with E-state index < -0.39 is 0 Å². The first-order chi connectivity index (χ1) is 8.15. The monoisotopic (exact) mass is 248 g/mol. The number of ether oxygens (including phenoxy) is 1. The normalized spacial score (nSPS) is 10.4. The molecule has 0 saturated heterocycles. The molecule has 0 aliphatic heterocycles. The van der Waals surface area contributed by atoms with Gasteiger partial charge in [0.1, 0.15) is 5.75 Å². The maximum Gasteiger partial charge on any atom is 0.183 e. The molecule has 0 aliphatic carbocycles. The first-order valence-electron chi connectivity index (χ1n) is 5.46. The highest BCUT2D eigenvalue weighted by atomic mass is 32.1. The smallest absolute Gasteiger partial charge is 0.183 e. The van der Waals surface area contributed by atoms with Gasteiger partial charge in [0.25, 0.3) is 0 Å². The van der Waals surface area contributed by atoms with Crippen molar-refractivity contribution in [1.29, 1.82) is 0 Å². The zero-order valence-electron chi connectivity index (χ0n) is 10.5. The van der Waals surface area contributed by atoms with Crippen LogP contribution in [0.5, 0.6) is 5.75 Å². The number of rotatable bonds is 3. The van der Waals surface area contributed by atoms with Crippen molar-refractivity contribution < 1.29 is 4.74 Å². The van der Waals surface area contributed by atoms with E-state index in [1.807, 2.05) is 19.2 Å². The lowest BCUT2D eigenvalue weighted by molar-refractivity contribution is 0.416. The number of aromatic nitrogens is 1. The highest BCUT2D eigenvalue weighted by Gasteiger charge is 2.13. The minimum Gasteiger partial charge on any atom is -0.496 e. The molecule has 0 bridgehead atoms. The van der Waals surface area contributed by atoms with E-state index in [1.165, 1.54) is 10.4 Å². The number of benzene rings is 1. The molecule has 2 aromatic rings. The zero-order valence-corrected chi connectivity index (χ0v) is 11.3. The number of aryl methyl sites for hydroxylation is 2. The second-order valence-corrected chi connectivity index (χ2v) is 5.08. The summed E-state index contributed by atoms with van der Waals surface area (Å²) in [5, 5.41) is 4.01. The molecule has 0 amide bonds. The Kier molecular flexibility index (Phi) is 3.33. The van der Waals surface area contributed by atoms with Gasteiger partial charge in [0.2, 0.25) is 0 Å². The summed E-state index contributed by atoms with van der Waals surface area (Å²) in [6.45, 7) is 4.15. The summed E-state index contributed by atoms with van der Waals surface area (Å²) < 4.78 is 5.40. The van der Waals surface area contributed by atoms with Crippen LogP contribution in [0.3, 0.4) is 0 Å². The van der Waals surface area contributed by atoms with E-state index in [9.17, 15) is 0 Å². The van der Waals surface area contributed by atoms with Crippen molar-refractivity contribution in [3.05, 3.63) is 28.6 Å². The van der Waals surface area contributed by atoms with Crippen molar-refractivity contribution in [2.24, 2.45) is 0 Å². The van der Waals surface area contributed by atoms with Gasteiger partial charge in [0.05, 0.1) is 12.8 Å². The number of hydrogen-bond donors (Lipinski definition) is 1. The minimum atomic E-state index is 0.867. The Morgan fingerprint density at radius 1 is 1.29 bits per heavy atom. The third-order valence-corrected chi connectivity index (χ3v) is 3.61. The van der Waals surface area contributed by atoms with Crippen LogP contribution in [0.1, 0.15) is 10.4 Å². The molecular formula is C13H16N2OS. The molecule has 4 heteroatoms. The average Bonchev–Trinajstić information content (AvgIpc) is 2.70. The van der Waals surface area contributed by atoms with Gasteiger partial charge in [-0.3, -0.25) is 0 Å². The van der Waals surface area contributed by atoms with Gasteiger partial charge >= 0.3 is 0 Å². The van der Waals surface area contributed by atoms with Crippen LogP contribution in [0.4, 0.5) is 5.13 Å². The number of hydrogen-bond acceptors (Lipinski definition) is 4. The highest BCUT2D eigenvalue weighted by molar-refractivity contribution is 7.16. The predicted molar refractivity (Wildman–Crippen MR) is 73.1 cm³/mol. The Bertz CT molecular complexity index is 534. The van der Waals surface area contributed by atoms with Crippen LogP contribution in [0.15, 0.2) is 18.2 Å². The SMILES string of the molecule is CNc1nc(-c2cc(C)ccc2OC)c(C)s1. The van der Waals surface area contributed by atoms with Crippen LogP contribution in [0.2, 0.25) is 0 Å². The molecule has 0 atom stereocenters. The number of anilines is 1. The molecule has 0 fully saturated rings. The molecule has 2 rings (SSSR count). The Labute approximate surface area is 105 Å². The minimum absolute atomic E-state index is 0.867. The molecule has 1 heterocycles. The van der Waals surface area contributed by atoms with Crippen molar-refractivity contribution in [2.45, 2.75) is 13.8 Å². The van der Waals surface area contributed by atoms with Gasteiger partial charge in [-0.25, -0.2) is 4.98 Å². The summed E-state index contributed by atoms with van der Waals surface area (Å²) in [7, 11) is 3.57. The number of nitrogens with one attached hydrogen (secondary N) is 1. The van der Waals surface area contributed by atoms with Crippen molar-refractivity contribution in [3.8, 4) is 17.0 Å². The highest BCUT2D eigenvalue weighted by Crippen LogP contribution is 2.36. The van der Waals surface area contributed by atoms with E-state index in [1.54, 1.807) is 18.4 Å². The molecule has 1 aromatic carbocycles. The Balaban J connectivity index is 2.58. The van der Waals surface area contributed by atoms with Gasteiger partial charge in [0.15, 0.2) is 5.13 Å². The summed E-state index contributed by atoms with van der Waals surface area (Å²) in [4.78, 5) is 5.77. The number of nitrogens with zero attached hydrogens (tertiary/aromatic N) is 1. The average molecular weight is 248 g/mol. The van der Waals surface area contributed by atoms with E-state index in [-0.39, 0.29) is 0 Å². The van der Waals surface area contributed by atoms with Crippen LogP contribution in [0, 0.1) is 13.8 Å². The van der Waals surface area contributed by atoms with E-state index in [0.29, 0.717) is 0 Å². The van der Waals surface area contributed by atoms with E-state index in [2.05, 4.69) is 30.2 Å². The largest absolute Gasteiger partial charge is 0.496 e. The third-order valence-electron chi connectivity index (χ3n) is 2.62. The zero-order chi connectivity index (χ0) is 12.4. The summed E-state index contributed by atoms with van der Waals surface area (Å²) in [5.74, 6) is 0.867. The van der Waals surface area contributed by atoms with Crippen molar-refractivity contribution in [3.63, 3.8) is 0 Å². The molecule has 1 aromatic heterocycles. The number of methoxy groups -OCH3 is 1. The van der Waals surface area contributed by atoms with Crippen LogP contribution in [-0.2, 0) is 0 Å². The molecule has 0 unspecified atom stereocenters. The Hall–Kier alpha value is -1.55. The van der Waals surface area contributed by atoms with Crippen molar-refractivity contribution in [1.82, 2.24) is 4.98 Å². The fraction of sp³-hybridized carbons (Fsp3) is 0.308. The van der Waals surface area contributed by atoms with E-state index in [0.717, 1.165) is 22.1 Å². The number of thiazole rings is 1. The van der Waals surface area contributed by atoms with Gasteiger partial charge in [-0.15, -0.1) is 11.3 Å². The fourth-order valence-electron chi connectivity index (χ4n) is 1.76. The van der Waals surface area contributed by atoms with Crippen molar-refractivity contribution in [2.75, 3.05) is 19.5 Å². The van der Waals surface area contributed by atoms with Crippen LogP contribution in [-0.4, -0.2) is 19.1 Å². The molecule has 0 aliphatic rings. The maximum atomic E-state index is 5.40. The molecule has 17 heavy (non-hydrogen) atoms. The molecule has 0 saturated carbocycles. The molecule has 0 spiro atoms. The lowest BCUT2D eigenvalue weighted by Gasteiger charge is -2.08. The summed E-state index contributed by atoms with van der Waals surface area (Å²) >= 11 is 1.66. The van der Waals surface area contributed by atoms with Gasteiger partial charge in [-0.1, -0.05) is 11.6 Å². The lowest BCUT2D eigenvalue weighted by Crippen LogP contribution is -1.91. The third kappa shape index (κ3) is 2.26. The first-order valence-corrected chi connectivity index (χ1v) is 6.27. The summed E-state index contributed by atoms with van der Waals surface area (Å²) in [6.07, 6.45) is 0. The molecule has 0 radical (unpaired) electrons. The van der Waals surface area contributed by atoms with Gasteiger partial charge < -0.3 is 10.1 Å². The van der Waals surface area contributed by atoms with Crippen LogP contribution in [0.25, 0.3) is 11.3 Å². The molecule has 1 N–H and O–H groups in total. The molecular weight excluding hydrogens is 232 g/mol. The van der Waals surface area contributed by atoms with Gasteiger partial charge in [-0.2, -0.15) is 0 Å². The van der Waals surface area contributed by atoms with E-state index in [4.69, 9.17) is 4.74 Å². The van der Waals surface area contributed by atoms with Crippen LogP contribution < -0.4 is 10.1 Å². The van der Waals surface area contributed by atoms with E-state index >= 15 is 0 Å². The van der Waals surface area contributed by atoms with Crippen LogP contribution >= 0.6 is 11.3 Å². The van der Waals surface area contributed by atoms with Gasteiger partial charge in [-0.05, 0) is 26.0 Å².